The van der Waals surface area contributed by atoms with Crippen LogP contribution in [0.15, 0.2) is 71.9 Å². The molecule has 11 nitrogen and oxygen atoms in total. The Bertz CT molecular complexity index is 1900. The Morgan fingerprint density at radius 2 is 1.44 bits per heavy atom. The van der Waals surface area contributed by atoms with Gasteiger partial charge in [-0.05, 0) is 35.8 Å². The molecule has 1 aliphatic heterocycles. The van der Waals surface area contributed by atoms with Crippen molar-refractivity contribution in [2.24, 2.45) is 5.16 Å². The van der Waals surface area contributed by atoms with Crippen LogP contribution < -0.4 is 19.5 Å². The molecule has 0 saturated carbocycles. The summed E-state index contributed by atoms with van der Waals surface area (Å²) in [6.07, 6.45) is 15.2. The largest absolute Gasteiger partial charge is 0.493 e. The number of carbonyl (C=O) groups excluding carboxylic acids is 1. The van der Waals surface area contributed by atoms with E-state index in [1.54, 1.807) is 33.5 Å². The molecule has 286 valence electrons. The lowest BCUT2D eigenvalue weighted by Gasteiger charge is -2.14. The van der Waals surface area contributed by atoms with Gasteiger partial charge in [-0.25, -0.2) is 9.78 Å². The molecule has 0 radical (unpaired) electrons. The highest BCUT2D eigenvalue weighted by molar-refractivity contribution is 6.03. The van der Waals surface area contributed by atoms with Gasteiger partial charge in [-0.2, -0.15) is 0 Å². The predicted octanol–water partition coefficient (Wildman–Crippen LogP) is 9.06. The molecular formula is C43H52N4O7. The van der Waals surface area contributed by atoms with Crippen LogP contribution in [0.4, 0.5) is 0 Å². The summed E-state index contributed by atoms with van der Waals surface area (Å²) in [6, 6.07) is 19.2. The number of unbranched alkanes of at least 4 members (excludes halogenated alkanes) is 9. The lowest BCUT2D eigenvalue weighted by Crippen LogP contribution is -2.21. The lowest BCUT2D eigenvalue weighted by molar-refractivity contribution is -0.148. The van der Waals surface area contributed by atoms with Crippen molar-refractivity contribution in [3.8, 4) is 51.2 Å². The molecule has 1 atom stereocenters. The van der Waals surface area contributed by atoms with Gasteiger partial charge in [0, 0.05) is 30.2 Å². The van der Waals surface area contributed by atoms with Gasteiger partial charge < -0.3 is 34.5 Å². The highest BCUT2D eigenvalue weighted by atomic mass is 16.7. The third-order valence-corrected chi connectivity index (χ3v) is 9.56. The van der Waals surface area contributed by atoms with Gasteiger partial charge in [-0.15, -0.1) is 0 Å². The van der Waals surface area contributed by atoms with Gasteiger partial charge in [-0.1, -0.05) is 118 Å². The summed E-state index contributed by atoms with van der Waals surface area (Å²) in [5, 5.41) is 16.3. The van der Waals surface area contributed by atoms with Crippen LogP contribution in [0.3, 0.4) is 0 Å². The highest BCUT2D eigenvalue weighted by Gasteiger charge is 2.28. The van der Waals surface area contributed by atoms with Gasteiger partial charge in [0.15, 0.2) is 11.5 Å². The minimum Gasteiger partial charge on any atom is -0.493 e. The monoisotopic (exact) mass is 736 g/mol. The number of ether oxygens (including phenoxy) is 3. The maximum absolute atomic E-state index is 12.5. The average Bonchev–Trinajstić information content (AvgIpc) is 3.88. The van der Waals surface area contributed by atoms with Crippen LogP contribution in [0.25, 0.3) is 40.0 Å². The van der Waals surface area contributed by atoms with Crippen LogP contribution in [0.2, 0.25) is 0 Å². The Hall–Kier alpha value is -5.58. The van der Waals surface area contributed by atoms with E-state index in [0.717, 1.165) is 40.8 Å². The number of imidazole rings is 1. The summed E-state index contributed by atoms with van der Waals surface area (Å²) in [7, 11) is 4.69. The Balaban J connectivity index is 1.29. The first kappa shape index (κ1) is 39.6. The molecule has 3 N–H and O–H groups in total. The number of carboxylic acids is 1. The fourth-order valence-electron chi connectivity index (χ4n) is 6.52. The van der Waals surface area contributed by atoms with Crippen LogP contribution in [0.5, 0.6) is 17.2 Å². The number of nitrogens with zero attached hydrogens (tertiary/aromatic N) is 2. The smallest absolute Gasteiger partial charge is 0.348 e. The maximum Gasteiger partial charge on any atom is 0.348 e. The van der Waals surface area contributed by atoms with Gasteiger partial charge in [0.2, 0.25) is 17.8 Å². The van der Waals surface area contributed by atoms with E-state index in [4.69, 9.17) is 24.0 Å². The third kappa shape index (κ3) is 10.3. The standard InChI is InChI=1S/C43H52N4O7/c1-5-6-7-8-9-10-11-12-13-14-27-44-37(48)26-17-29-15-18-31(19-16-29)38-39(32-22-20-30(21-23-32)34-28-36(43(49)50)54-47-34)46-42(45-38)33-24-25-35(51-2)41(53-4)40(33)52-3/h15-26,36H,5-14,27-28H2,1-4H3,(H,44,48)(H,45,46)(H,49,50). The molecule has 2 heterocycles. The fourth-order valence-corrected chi connectivity index (χ4v) is 6.52. The van der Waals surface area contributed by atoms with Crippen molar-refractivity contribution in [1.82, 2.24) is 15.3 Å². The van der Waals surface area contributed by atoms with E-state index >= 15 is 0 Å². The second-order valence-corrected chi connectivity index (χ2v) is 13.4. The van der Waals surface area contributed by atoms with Crippen molar-refractivity contribution in [3.05, 3.63) is 77.9 Å². The molecule has 1 amide bonds. The molecule has 1 aliphatic rings. The van der Waals surface area contributed by atoms with Gasteiger partial charge in [0.1, 0.15) is 5.82 Å². The number of methoxy groups -OCH3 is 3. The van der Waals surface area contributed by atoms with E-state index in [1.807, 2.05) is 60.7 Å². The quantitative estimate of drug-likeness (QED) is 0.0568. The van der Waals surface area contributed by atoms with Crippen molar-refractivity contribution < 1.29 is 33.7 Å². The number of aromatic amines is 1. The van der Waals surface area contributed by atoms with E-state index in [9.17, 15) is 14.7 Å². The van der Waals surface area contributed by atoms with Gasteiger partial charge in [-0.3, -0.25) is 4.79 Å². The predicted molar refractivity (Wildman–Crippen MR) is 212 cm³/mol. The topological polar surface area (TPSA) is 144 Å². The lowest BCUT2D eigenvalue weighted by atomic mass is 10.00. The maximum atomic E-state index is 12.5. The van der Waals surface area contributed by atoms with Crippen LogP contribution in [0.1, 0.15) is 88.7 Å². The number of H-pyrrole nitrogens is 1. The minimum absolute atomic E-state index is 0.101. The van der Waals surface area contributed by atoms with Crippen molar-refractivity contribution in [2.75, 3.05) is 27.9 Å². The van der Waals surface area contributed by atoms with E-state index in [1.165, 1.54) is 51.4 Å². The molecule has 0 spiro atoms. The molecule has 54 heavy (non-hydrogen) atoms. The summed E-state index contributed by atoms with van der Waals surface area (Å²) in [6.45, 7) is 2.93. The molecule has 0 bridgehead atoms. The summed E-state index contributed by atoms with van der Waals surface area (Å²) in [5.41, 5.74) is 6.08. The Labute approximate surface area is 317 Å². The fraction of sp³-hybridized carbons (Fsp3) is 0.395. The number of carbonyl (C=O) groups is 2. The van der Waals surface area contributed by atoms with E-state index in [2.05, 4.69) is 22.4 Å². The number of oxime groups is 1. The number of hydrogen-bond donors (Lipinski definition) is 3. The van der Waals surface area contributed by atoms with Crippen LogP contribution in [-0.2, 0) is 14.4 Å². The highest BCUT2D eigenvalue weighted by Crippen LogP contribution is 2.45. The van der Waals surface area contributed by atoms with Gasteiger partial charge >= 0.3 is 5.97 Å². The number of nitrogens with one attached hydrogen (secondary N) is 2. The van der Waals surface area contributed by atoms with E-state index in [-0.39, 0.29) is 12.3 Å². The van der Waals surface area contributed by atoms with Crippen molar-refractivity contribution in [2.45, 2.75) is 83.7 Å². The number of aliphatic carboxylic acids is 1. The number of amides is 1. The van der Waals surface area contributed by atoms with Crippen molar-refractivity contribution in [1.29, 1.82) is 0 Å². The van der Waals surface area contributed by atoms with Crippen molar-refractivity contribution in [3.63, 3.8) is 0 Å². The molecule has 5 rings (SSSR count). The first-order chi connectivity index (χ1) is 26.4. The molecule has 1 aromatic heterocycles. The van der Waals surface area contributed by atoms with Gasteiger partial charge in [0.05, 0.1) is 44.0 Å². The first-order valence-electron chi connectivity index (χ1n) is 18.9. The normalized spacial score (nSPS) is 13.8. The van der Waals surface area contributed by atoms with Gasteiger partial charge in [0.25, 0.3) is 0 Å². The van der Waals surface area contributed by atoms with E-state index in [0.29, 0.717) is 46.6 Å². The summed E-state index contributed by atoms with van der Waals surface area (Å²) in [4.78, 5) is 37.5. The molecule has 3 aromatic carbocycles. The molecule has 0 saturated heterocycles. The zero-order valence-corrected chi connectivity index (χ0v) is 31.8. The Morgan fingerprint density at radius 1 is 0.815 bits per heavy atom. The minimum atomic E-state index is -1.05. The second kappa shape index (κ2) is 20.0. The third-order valence-electron chi connectivity index (χ3n) is 9.56. The molecule has 11 heteroatoms. The Kier molecular flexibility index (Phi) is 14.7. The molecule has 0 fully saturated rings. The van der Waals surface area contributed by atoms with Crippen LogP contribution in [-0.4, -0.2) is 66.6 Å². The summed E-state index contributed by atoms with van der Waals surface area (Å²) >= 11 is 0. The van der Waals surface area contributed by atoms with Crippen LogP contribution in [0, 0.1) is 0 Å². The summed E-state index contributed by atoms with van der Waals surface area (Å²) in [5.74, 6) is 0.858. The molecule has 4 aromatic rings. The van der Waals surface area contributed by atoms with Crippen LogP contribution >= 0.6 is 0 Å². The number of hydrogen-bond acceptors (Lipinski definition) is 8. The number of benzene rings is 3. The zero-order chi connectivity index (χ0) is 38.3. The second-order valence-electron chi connectivity index (χ2n) is 13.4. The van der Waals surface area contributed by atoms with E-state index < -0.39 is 12.1 Å². The molecular weight excluding hydrogens is 684 g/mol. The number of aromatic nitrogens is 2. The number of rotatable bonds is 21. The number of carboxylic acid groups (broad SMARTS) is 1. The molecule has 1 unspecified atom stereocenters. The Morgan fingerprint density at radius 3 is 2.06 bits per heavy atom. The zero-order valence-electron chi connectivity index (χ0n) is 31.8. The molecule has 0 aliphatic carbocycles. The first-order valence-corrected chi connectivity index (χ1v) is 18.9. The summed E-state index contributed by atoms with van der Waals surface area (Å²) < 4.78 is 16.9. The average molecular weight is 737 g/mol. The van der Waals surface area contributed by atoms with Crippen molar-refractivity contribution >= 4 is 23.7 Å². The SMILES string of the molecule is CCCCCCCCCCCCNC(=O)C=Cc1ccc(-c2[nH]c(-c3ccc(OC)c(OC)c3OC)nc2-c2ccc(C3=NOC(C(=O)O)C3)cc2)cc1.